The molecule has 5 nitrogen and oxygen atoms in total. The number of pyridine rings is 2. The summed E-state index contributed by atoms with van der Waals surface area (Å²) >= 11 is 0. The highest BCUT2D eigenvalue weighted by Gasteiger charge is 2.21. The first-order chi connectivity index (χ1) is 23.0. The van der Waals surface area contributed by atoms with Gasteiger partial charge in [0.15, 0.2) is 0 Å². The predicted molar refractivity (Wildman–Crippen MR) is 194 cm³/mol. The van der Waals surface area contributed by atoms with Crippen molar-refractivity contribution in [3.8, 4) is 22.6 Å². The van der Waals surface area contributed by atoms with Gasteiger partial charge in [-0.05, 0) is 93.4 Å². The van der Waals surface area contributed by atoms with E-state index in [0.717, 1.165) is 50.0 Å². The van der Waals surface area contributed by atoms with Crippen LogP contribution in [-0.4, -0.2) is 18.8 Å². The van der Waals surface area contributed by atoms with Gasteiger partial charge in [0.05, 0.1) is 11.0 Å². The average Bonchev–Trinajstić information content (AvgIpc) is 3.79. The maximum atomic E-state index is 6.61. The second-order valence-corrected chi connectivity index (χ2v) is 13.1. The summed E-state index contributed by atoms with van der Waals surface area (Å²) in [5, 5.41) is 6.86. The maximum absolute atomic E-state index is 6.61. The quantitative estimate of drug-likeness (QED) is 0.182. The third-order valence-corrected chi connectivity index (χ3v) is 9.65. The van der Waals surface area contributed by atoms with E-state index >= 15 is 0 Å². The fourth-order valence-electron chi connectivity index (χ4n) is 7.53. The Labute approximate surface area is 272 Å². The van der Waals surface area contributed by atoms with Gasteiger partial charge in [-0.25, -0.2) is 9.97 Å². The fraction of sp³-hybridized carbons (Fsp3) is 0.143. The summed E-state index contributed by atoms with van der Waals surface area (Å²) in [6, 6.07) is 34.7. The van der Waals surface area contributed by atoms with Gasteiger partial charge in [-0.3, -0.25) is 8.80 Å². The molecule has 4 aromatic heterocycles. The molecule has 0 N–H and O–H groups in total. The van der Waals surface area contributed by atoms with Crippen molar-refractivity contribution in [1.29, 1.82) is 0 Å². The Kier molecular flexibility index (Phi) is 6.13. The number of benzene rings is 5. The molecule has 0 aliphatic rings. The molecule has 0 amide bonds. The average molecular weight is 611 g/mol. The summed E-state index contributed by atoms with van der Waals surface area (Å²) in [5.41, 5.74) is 9.48. The summed E-state index contributed by atoms with van der Waals surface area (Å²) in [7, 11) is 0. The number of aromatic nitrogens is 4. The normalized spacial score (nSPS) is 12.2. The number of hydrogen-bond acceptors (Lipinski definition) is 3. The van der Waals surface area contributed by atoms with E-state index in [0.29, 0.717) is 11.8 Å². The zero-order valence-electron chi connectivity index (χ0n) is 26.9. The molecule has 0 spiro atoms. The molecule has 0 atom stereocenters. The summed E-state index contributed by atoms with van der Waals surface area (Å²) in [5.74, 6) is 2.32. The molecular weight excluding hydrogens is 576 g/mol. The lowest BCUT2D eigenvalue weighted by atomic mass is 9.83. The lowest BCUT2D eigenvalue weighted by Gasteiger charge is -2.22. The van der Waals surface area contributed by atoms with Crippen LogP contribution >= 0.6 is 0 Å². The van der Waals surface area contributed by atoms with Gasteiger partial charge in [0.25, 0.3) is 0 Å². The second kappa shape index (κ2) is 10.4. The highest BCUT2D eigenvalue weighted by Crippen LogP contribution is 2.43. The summed E-state index contributed by atoms with van der Waals surface area (Å²) in [6.45, 7) is 9.15. The summed E-state index contributed by atoms with van der Waals surface area (Å²) in [6.07, 6.45) is 7.83. The molecule has 0 fully saturated rings. The topological polar surface area (TPSA) is 43.8 Å². The van der Waals surface area contributed by atoms with Crippen LogP contribution in [0, 0.1) is 0 Å². The Hall–Kier alpha value is -5.68. The SMILES string of the molecule is CC(C)c1cccc(C(C)C)c1-c1cccc2c1c1ccc(Oc3ccc4c5ccccc5n5ccnc5c4c3)cc1c1nccn21. The number of fused-ring (bicyclic) bond motifs is 12. The monoisotopic (exact) mass is 610 g/mol. The van der Waals surface area contributed by atoms with Crippen LogP contribution in [0.15, 0.2) is 122 Å². The molecule has 9 rings (SSSR count). The van der Waals surface area contributed by atoms with Crippen LogP contribution in [0.1, 0.15) is 50.7 Å². The molecule has 0 radical (unpaired) electrons. The van der Waals surface area contributed by atoms with Crippen LogP contribution in [0.25, 0.3) is 65.8 Å². The number of nitrogens with zero attached hydrogens (tertiary/aromatic N) is 4. The number of para-hydroxylation sites is 1. The van der Waals surface area contributed by atoms with Crippen molar-refractivity contribution < 1.29 is 4.74 Å². The van der Waals surface area contributed by atoms with Crippen molar-refractivity contribution in [2.75, 3.05) is 0 Å². The van der Waals surface area contributed by atoms with Gasteiger partial charge in [0, 0.05) is 46.3 Å². The largest absolute Gasteiger partial charge is 0.457 e. The predicted octanol–water partition coefficient (Wildman–Crippen LogP) is 11.3. The first kappa shape index (κ1) is 27.6. The van der Waals surface area contributed by atoms with Gasteiger partial charge in [-0.1, -0.05) is 76.2 Å². The van der Waals surface area contributed by atoms with Crippen molar-refractivity contribution in [1.82, 2.24) is 18.8 Å². The third-order valence-electron chi connectivity index (χ3n) is 9.65. The van der Waals surface area contributed by atoms with Crippen LogP contribution in [0.3, 0.4) is 0 Å². The number of imidazole rings is 2. The molecule has 0 aliphatic carbocycles. The van der Waals surface area contributed by atoms with E-state index in [9.17, 15) is 0 Å². The van der Waals surface area contributed by atoms with Crippen molar-refractivity contribution in [2.24, 2.45) is 0 Å². The fourth-order valence-corrected chi connectivity index (χ4v) is 7.53. The van der Waals surface area contributed by atoms with E-state index in [1.807, 2.05) is 18.6 Å². The summed E-state index contributed by atoms with van der Waals surface area (Å²) in [4.78, 5) is 9.54. The van der Waals surface area contributed by atoms with Crippen molar-refractivity contribution in [2.45, 2.75) is 39.5 Å². The lowest BCUT2D eigenvalue weighted by molar-refractivity contribution is 0.484. The van der Waals surface area contributed by atoms with Crippen LogP contribution < -0.4 is 4.74 Å². The molecular formula is C42H34N4O. The van der Waals surface area contributed by atoms with Gasteiger partial charge in [-0.2, -0.15) is 0 Å². The van der Waals surface area contributed by atoms with Crippen molar-refractivity contribution in [3.63, 3.8) is 0 Å². The molecule has 228 valence electrons. The van der Waals surface area contributed by atoms with Crippen LogP contribution in [-0.2, 0) is 0 Å². The molecule has 5 heteroatoms. The third kappa shape index (κ3) is 4.16. The number of rotatable bonds is 5. The van der Waals surface area contributed by atoms with E-state index in [1.165, 1.54) is 38.4 Å². The van der Waals surface area contributed by atoms with Crippen LogP contribution in [0.2, 0.25) is 0 Å². The Morgan fingerprint density at radius 1 is 0.532 bits per heavy atom. The van der Waals surface area contributed by atoms with Gasteiger partial charge in [-0.15, -0.1) is 0 Å². The molecule has 0 aliphatic heterocycles. The Bertz CT molecular complexity index is 2650. The second-order valence-electron chi connectivity index (χ2n) is 13.1. The van der Waals surface area contributed by atoms with Gasteiger partial charge < -0.3 is 4.74 Å². The van der Waals surface area contributed by atoms with E-state index < -0.39 is 0 Å². The van der Waals surface area contributed by atoms with Crippen LogP contribution in [0.4, 0.5) is 0 Å². The Morgan fingerprint density at radius 2 is 1.11 bits per heavy atom. The molecule has 0 saturated heterocycles. The molecule has 0 bridgehead atoms. The van der Waals surface area contributed by atoms with Gasteiger partial charge in [0.1, 0.15) is 22.8 Å². The highest BCUT2D eigenvalue weighted by atomic mass is 16.5. The van der Waals surface area contributed by atoms with Gasteiger partial charge >= 0.3 is 0 Å². The Morgan fingerprint density at radius 3 is 1.79 bits per heavy atom. The minimum atomic E-state index is 0.394. The first-order valence-corrected chi connectivity index (χ1v) is 16.4. The molecule has 4 heterocycles. The molecule has 0 unspecified atom stereocenters. The van der Waals surface area contributed by atoms with E-state index in [2.05, 4.69) is 140 Å². The number of hydrogen-bond donors (Lipinski definition) is 0. The highest BCUT2D eigenvalue weighted by molar-refractivity contribution is 6.18. The molecule has 0 saturated carbocycles. The van der Waals surface area contributed by atoms with Gasteiger partial charge in [0.2, 0.25) is 0 Å². The van der Waals surface area contributed by atoms with E-state index in [1.54, 1.807) is 0 Å². The standard InChI is InChI=1S/C42H34N4O/c1-25(2)29-10-7-11-30(26(3)4)39(29)34-12-8-14-38-40(34)33-18-16-28(24-36(33)42-44-20-22-46(38)42)47-27-15-17-31-32-9-5-6-13-37(32)45-21-19-43-41(45)35(31)23-27/h5-26H,1-4H3. The molecule has 47 heavy (non-hydrogen) atoms. The van der Waals surface area contributed by atoms with E-state index in [4.69, 9.17) is 14.7 Å². The van der Waals surface area contributed by atoms with E-state index in [-0.39, 0.29) is 0 Å². The first-order valence-electron chi connectivity index (χ1n) is 16.4. The van der Waals surface area contributed by atoms with Crippen LogP contribution in [0.5, 0.6) is 11.5 Å². The minimum absolute atomic E-state index is 0.394. The molecule has 9 aromatic rings. The molecule has 5 aromatic carbocycles. The lowest BCUT2D eigenvalue weighted by Crippen LogP contribution is -2.01. The smallest absolute Gasteiger partial charge is 0.145 e. The van der Waals surface area contributed by atoms with Crippen molar-refractivity contribution >= 4 is 54.6 Å². The maximum Gasteiger partial charge on any atom is 0.145 e. The summed E-state index contributed by atoms with van der Waals surface area (Å²) < 4.78 is 11.0. The Balaban J connectivity index is 1.25. The minimum Gasteiger partial charge on any atom is -0.457 e. The zero-order chi connectivity index (χ0) is 31.8. The van der Waals surface area contributed by atoms with Crippen molar-refractivity contribution in [3.05, 3.63) is 133 Å². The zero-order valence-corrected chi connectivity index (χ0v) is 26.9. The number of ether oxygens (including phenoxy) is 1.